The summed E-state index contributed by atoms with van der Waals surface area (Å²) in [5.41, 5.74) is 8.42. The van der Waals surface area contributed by atoms with E-state index in [0.29, 0.717) is 19.7 Å². The summed E-state index contributed by atoms with van der Waals surface area (Å²) in [7, 11) is 0. The highest BCUT2D eigenvalue weighted by atomic mass is 16.5. The second kappa shape index (κ2) is 5.23. The molecule has 0 aliphatic carbocycles. The molecule has 1 aliphatic heterocycles. The Morgan fingerprint density at radius 2 is 2.28 bits per heavy atom. The molecule has 1 aromatic carbocycles. The summed E-state index contributed by atoms with van der Waals surface area (Å²) in [4.78, 5) is 13.8. The quantitative estimate of drug-likeness (QED) is 0.810. The van der Waals surface area contributed by atoms with Crippen LogP contribution in [0.25, 0.3) is 0 Å². The molecule has 0 spiro atoms. The molecular formula is C14H18N2O2. The summed E-state index contributed by atoms with van der Waals surface area (Å²) in [5.74, 6) is 0.736. The van der Waals surface area contributed by atoms with Crippen LogP contribution < -0.4 is 15.4 Å². The van der Waals surface area contributed by atoms with Gasteiger partial charge < -0.3 is 15.4 Å². The van der Waals surface area contributed by atoms with E-state index in [-0.39, 0.29) is 5.91 Å². The Morgan fingerprint density at radius 3 is 2.94 bits per heavy atom. The summed E-state index contributed by atoms with van der Waals surface area (Å²) >= 11 is 0. The van der Waals surface area contributed by atoms with Crippen molar-refractivity contribution in [2.75, 3.05) is 18.1 Å². The van der Waals surface area contributed by atoms with Crippen molar-refractivity contribution in [3.63, 3.8) is 0 Å². The lowest BCUT2D eigenvalue weighted by Crippen LogP contribution is -2.37. The summed E-state index contributed by atoms with van der Waals surface area (Å²) < 4.78 is 5.58. The molecule has 0 aromatic heterocycles. The van der Waals surface area contributed by atoms with E-state index in [1.54, 1.807) is 11.0 Å². The lowest BCUT2D eigenvalue weighted by Gasteiger charge is -2.29. The second-order valence-corrected chi connectivity index (χ2v) is 4.57. The third-order valence-electron chi connectivity index (χ3n) is 2.80. The molecule has 0 atom stereocenters. The molecule has 0 saturated carbocycles. The lowest BCUT2D eigenvalue weighted by molar-refractivity contribution is -0.114. The maximum atomic E-state index is 12.1. The molecule has 1 aliphatic rings. The van der Waals surface area contributed by atoms with Gasteiger partial charge in [0.15, 0.2) is 0 Å². The molecule has 2 N–H and O–H groups in total. The monoisotopic (exact) mass is 246 g/mol. The summed E-state index contributed by atoms with van der Waals surface area (Å²) in [5, 5.41) is 0. The van der Waals surface area contributed by atoms with Crippen LogP contribution in [0.5, 0.6) is 5.75 Å². The average Bonchev–Trinajstić information content (AvgIpc) is 2.36. The standard InChI is InChI=1S/C14H18N2O2/c1-10(2)7-14(17)16-5-6-18-13-8-11(9-15)3-4-12(13)16/h3-4,7-8H,5-6,9,15H2,1-2H3. The van der Waals surface area contributed by atoms with Crippen LogP contribution in [0.1, 0.15) is 19.4 Å². The van der Waals surface area contributed by atoms with Gasteiger partial charge in [-0.1, -0.05) is 11.6 Å². The summed E-state index contributed by atoms with van der Waals surface area (Å²) in [6.07, 6.45) is 1.64. The van der Waals surface area contributed by atoms with Crippen molar-refractivity contribution in [2.24, 2.45) is 5.73 Å². The Hall–Kier alpha value is -1.81. The van der Waals surface area contributed by atoms with Crippen molar-refractivity contribution in [1.29, 1.82) is 0 Å². The molecule has 1 amide bonds. The average molecular weight is 246 g/mol. The highest BCUT2D eigenvalue weighted by Crippen LogP contribution is 2.32. The minimum atomic E-state index is 0.0000449. The Bertz CT molecular complexity index is 491. The van der Waals surface area contributed by atoms with Crippen molar-refractivity contribution in [1.82, 2.24) is 0 Å². The fourth-order valence-electron chi connectivity index (χ4n) is 1.95. The van der Waals surface area contributed by atoms with Crippen molar-refractivity contribution in [3.05, 3.63) is 35.4 Å². The molecule has 4 nitrogen and oxygen atoms in total. The number of amides is 1. The van der Waals surface area contributed by atoms with Gasteiger partial charge in [0, 0.05) is 12.6 Å². The first-order valence-electron chi connectivity index (χ1n) is 6.04. The zero-order valence-corrected chi connectivity index (χ0v) is 10.8. The lowest BCUT2D eigenvalue weighted by atomic mass is 10.1. The molecule has 0 fully saturated rings. The number of carbonyl (C=O) groups is 1. The first-order valence-corrected chi connectivity index (χ1v) is 6.04. The predicted molar refractivity (Wildman–Crippen MR) is 71.6 cm³/mol. The Labute approximate surface area is 107 Å². The first-order chi connectivity index (χ1) is 8.61. The molecule has 2 rings (SSSR count). The number of hydrogen-bond donors (Lipinski definition) is 1. The third kappa shape index (κ3) is 2.54. The van der Waals surface area contributed by atoms with Crippen molar-refractivity contribution >= 4 is 11.6 Å². The van der Waals surface area contributed by atoms with Gasteiger partial charge in [0.2, 0.25) is 0 Å². The van der Waals surface area contributed by atoms with Crippen LogP contribution in [0.15, 0.2) is 29.8 Å². The molecule has 1 aromatic rings. The van der Waals surface area contributed by atoms with Crippen LogP contribution in [-0.2, 0) is 11.3 Å². The van der Waals surface area contributed by atoms with E-state index in [2.05, 4.69) is 0 Å². The number of ether oxygens (including phenoxy) is 1. The van der Waals surface area contributed by atoms with Gasteiger partial charge in [0.1, 0.15) is 12.4 Å². The number of anilines is 1. The van der Waals surface area contributed by atoms with Crippen LogP contribution in [0.3, 0.4) is 0 Å². The smallest absolute Gasteiger partial charge is 0.251 e. The zero-order chi connectivity index (χ0) is 13.1. The number of nitrogens with zero attached hydrogens (tertiary/aromatic N) is 1. The molecule has 0 unspecified atom stereocenters. The van der Waals surface area contributed by atoms with Gasteiger partial charge in [-0.2, -0.15) is 0 Å². The van der Waals surface area contributed by atoms with Gasteiger partial charge >= 0.3 is 0 Å². The molecule has 0 saturated heterocycles. The topological polar surface area (TPSA) is 55.6 Å². The molecule has 4 heteroatoms. The second-order valence-electron chi connectivity index (χ2n) is 4.57. The minimum absolute atomic E-state index is 0.0000449. The normalized spacial score (nSPS) is 13.6. The number of carbonyl (C=O) groups excluding carboxylic acids is 1. The largest absolute Gasteiger partial charge is 0.490 e. The van der Waals surface area contributed by atoms with Crippen LogP contribution in [0, 0.1) is 0 Å². The number of benzene rings is 1. The Morgan fingerprint density at radius 1 is 1.50 bits per heavy atom. The van der Waals surface area contributed by atoms with Crippen molar-refractivity contribution in [2.45, 2.75) is 20.4 Å². The van der Waals surface area contributed by atoms with Gasteiger partial charge in [-0.05, 0) is 31.5 Å². The van der Waals surface area contributed by atoms with E-state index < -0.39 is 0 Å². The molecule has 0 radical (unpaired) electrons. The SMILES string of the molecule is CC(C)=CC(=O)N1CCOc2cc(CN)ccc21. The maximum Gasteiger partial charge on any atom is 0.251 e. The fourth-order valence-corrected chi connectivity index (χ4v) is 1.95. The zero-order valence-electron chi connectivity index (χ0n) is 10.8. The number of allylic oxidation sites excluding steroid dienone is 1. The van der Waals surface area contributed by atoms with E-state index in [1.165, 1.54) is 0 Å². The van der Waals surface area contributed by atoms with Crippen LogP contribution in [0.4, 0.5) is 5.69 Å². The third-order valence-corrected chi connectivity index (χ3v) is 2.80. The maximum absolute atomic E-state index is 12.1. The molecule has 0 bridgehead atoms. The predicted octanol–water partition coefficient (Wildman–Crippen LogP) is 1.84. The number of rotatable bonds is 2. The van der Waals surface area contributed by atoms with Gasteiger partial charge in [0.05, 0.1) is 12.2 Å². The highest BCUT2D eigenvalue weighted by molar-refractivity contribution is 6.03. The van der Waals surface area contributed by atoms with Gasteiger partial charge in [-0.25, -0.2) is 0 Å². The van der Waals surface area contributed by atoms with Gasteiger partial charge in [-0.15, -0.1) is 0 Å². The van der Waals surface area contributed by atoms with E-state index >= 15 is 0 Å². The number of nitrogens with two attached hydrogens (primary N) is 1. The van der Waals surface area contributed by atoms with Crippen molar-refractivity contribution in [3.8, 4) is 5.75 Å². The summed E-state index contributed by atoms with van der Waals surface area (Å²) in [6.45, 7) is 5.40. The minimum Gasteiger partial charge on any atom is -0.490 e. The van der Waals surface area contributed by atoms with Gasteiger partial charge in [0.25, 0.3) is 5.91 Å². The Balaban J connectivity index is 2.33. The number of fused-ring (bicyclic) bond motifs is 1. The molecule has 96 valence electrons. The van der Waals surface area contributed by atoms with Gasteiger partial charge in [-0.3, -0.25) is 4.79 Å². The van der Waals surface area contributed by atoms with E-state index in [1.807, 2.05) is 32.0 Å². The fraction of sp³-hybridized carbons (Fsp3) is 0.357. The highest BCUT2D eigenvalue weighted by Gasteiger charge is 2.22. The summed E-state index contributed by atoms with van der Waals surface area (Å²) in [6, 6.07) is 5.72. The van der Waals surface area contributed by atoms with Crippen LogP contribution >= 0.6 is 0 Å². The Kier molecular flexibility index (Phi) is 3.67. The van der Waals surface area contributed by atoms with Crippen LogP contribution in [0.2, 0.25) is 0 Å². The molecule has 18 heavy (non-hydrogen) atoms. The van der Waals surface area contributed by atoms with E-state index in [4.69, 9.17) is 10.5 Å². The van der Waals surface area contributed by atoms with Crippen LogP contribution in [-0.4, -0.2) is 19.1 Å². The molecular weight excluding hydrogens is 228 g/mol. The van der Waals surface area contributed by atoms with E-state index in [9.17, 15) is 4.79 Å². The first kappa shape index (κ1) is 12.6. The van der Waals surface area contributed by atoms with Crippen molar-refractivity contribution < 1.29 is 9.53 Å². The van der Waals surface area contributed by atoms with E-state index in [0.717, 1.165) is 22.6 Å². The molecule has 1 heterocycles. The number of hydrogen-bond acceptors (Lipinski definition) is 3.